The van der Waals surface area contributed by atoms with Gasteiger partial charge in [0.15, 0.2) is 11.5 Å². The predicted molar refractivity (Wildman–Crippen MR) is 75.8 cm³/mol. The predicted octanol–water partition coefficient (Wildman–Crippen LogP) is 2.33. The first-order valence-electron chi connectivity index (χ1n) is 6.80. The van der Waals surface area contributed by atoms with E-state index in [2.05, 4.69) is 16.6 Å². The van der Waals surface area contributed by atoms with Crippen LogP contribution in [0.4, 0.5) is 0 Å². The molecule has 0 saturated heterocycles. The number of ether oxygens (including phenoxy) is 3. The van der Waals surface area contributed by atoms with Gasteiger partial charge in [0.1, 0.15) is 0 Å². The van der Waals surface area contributed by atoms with Gasteiger partial charge in [-0.2, -0.15) is 0 Å². The van der Waals surface area contributed by atoms with Crippen LogP contribution in [0, 0.1) is 11.8 Å². The first-order valence-corrected chi connectivity index (χ1v) is 6.80. The lowest BCUT2D eigenvalue weighted by atomic mass is 10.2. The van der Waals surface area contributed by atoms with Crippen molar-refractivity contribution < 1.29 is 19.3 Å². The number of hydrogen-bond acceptors (Lipinski definition) is 4. The number of rotatable bonds is 4. The van der Waals surface area contributed by atoms with Gasteiger partial charge >= 0.3 is 0 Å². The lowest BCUT2D eigenvalue weighted by Gasteiger charge is -2.16. The Morgan fingerprint density at radius 2 is 1.95 bits per heavy atom. The second kappa shape index (κ2) is 7.18. The summed E-state index contributed by atoms with van der Waals surface area (Å²) in [7, 11) is 3.03. The molecule has 0 spiro atoms. The van der Waals surface area contributed by atoms with E-state index in [1.54, 1.807) is 7.11 Å². The summed E-state index contributed by atoms with van der Waals surface area (Å²) in [6.07, 6.45) is 3.79. The third kappa shape index (κ3) is 3.89. The molecule has 1 atom stereocenters. The normalized spacial score (nSPS) is 16.4. The maximum Gasteiger partial charge on any atom is 0.220 e. The molecule has 1 aromatic rings. The minimum Gasteiger partial charge on any atom is -0.493 e. The van der Waals surface area contributed by atoms with Crippen molar-refractivity contribution >= 4 is 0 Å². The Balaban J connectivity index is 2.16. The van der Waals surface area contributed by atoms with Crippen molar-refractivity contribution in [2.24, 2.45) is 0 Å². The lowest BCUT2D eigenvalue weighted by Crippen LogP contribution is -2.11. The number of aliphatic hydroxyl groups is 1. The molecule has 1 fully saturated rings. The van der Waals surface area contributed by atoms with Gasteiger partial charge in [-0.1, -0.05) is 5.92 Å². The van der Waals surface area contributed by atoms with E-state index in [4.69, 9.17) is 9.47 Å². The van der Waals surface area contributed by atoms with E-state index in [0.717, 1.165) is 18.4 Å². The summed E-state index contributed by atoms with van der Waals surface area (Å²) in [6, 6.07) is 5.50. The van der Waals surface area contributed by atoms with Gasteiger partial charge in [-0.25, -0.2) is 0 Å². The number of methoxy groups -OCH3 is 2. The van der Waals surface area contributed by atoms with Crippen LogP contribution in [0.25, 0.3) is 0 Å². The largest absolute Gasteiger partial charge is 0.493 e. The van der Waals surface area contributed by atoms with Crippen LogP contribution in [-0.2, 0) is 4.74 Å². The van der Waals surface area contributed by atoms with Gasteiger partial charge in [-0.05, 0) is 49.8 Å². The van der Waals surface area contributed by atoms with Gasteiger partial charge in [-0.3, -0.25) is 0 Å². The summed E-state index contributed by atoms with van der Waals surface area (Å²) < 4.78 is 16.0. The molecule has 0 bridgehead atoms. The summed E-state index contributed by atoms with van der Waals surface area (Å²) in [5.41, 5.74) is 0.759. The molecule has 1 aliphatic rings. The number of hydrogen-bond donors (Lipinski definition) is 1. The number of aliphatic hydroxyl groups excluding tert-OH is 1. The second-order valence-corrected chi connectivity index (χ2v) is 4.75. The van der Waals surface area contributed by atoms with Gasteiger partial charge in [-0.15, -0.1) is 0 Å². The smallest absolute Gasteiger partial charge is 0.220 e. The summed E-state index contributed by atoms with van der Waals surface area (Å²) in [6.45, 7) is 0. The lowest BCUT2D eigenvalue weighted by molar-refractivity contribution is -0.0280. The maximum absolute atomic E-state index is 9.27. The number of benzene rings is 1. The molecular formula is C16H20O4. The minimum atomic E-state index is -1.07. The Morgan fingerprint density at radius 3 is 2.60 bits per heavy atom. The molecule has 1 unspecified atom stereocenters. The van der Waals surface area contributed by atoms with Crippen LogP contribution in [0.15, 0.2) is 18.2 Å². The zero-order valence-corrected chi connectivity index (χ0v) is 11.9. The molecule has 0 heterocycles. The van der Waals surface area contributed by atoms with Gasteiger partial charge in [0.25, 0.3) is 0 Å². The van der Waals surface area contributed by atoms with Gasteiger partial charge < -0.3 is 19.3 Å². The van der Waals surface area contributed by atoms with Crippen LogP contribution in [0.2, 0.25) is 0 Å². The van der Waals surface area contributed by atoms with Crippen LogP contribution in [0.5, 0.6) is 11.5 Å². The highest BCUT2D eigenvalue weighted by atomic mass is 16.6. The average Bonchev–Trinajstić information content (AvgIpc) is 2.98. The third-order valence-corrected chi connectivity index (χ3v) is 3.32. The molecule has 108 valence electrons. The Labute approximate surface area is 119 Å². The van der Waals surface area contributed by atoms with E-state index in [-0.39, 0.29) is 6.10 Å². The second-order valence-electron chi connectivity index (χ2n) is 4.75. The zero-order chi connectivity index (χ0) is 14.4. The molecule has 0 amide bonds. The fraction of sp³-hybridized carbons (Fsp3) is 0.500. The summed E-state index contributed by atoms with van der Waals surface area (Å²) in [4.78, 5) is 0. The SMILES string of the molecule is COc1ccc(C#CC(O)OC)cc1OC1CCCC1. The Morgan fingerprint density at radius 1 is 1.20 bits per heavy atom. The summed E-state index contributed by atoms with van der Waals surface area (Å²) >= 11 is 0. The van der Waals surface area contributed by atoms with Crippen LogP contribution >= 0.6 is 0 Å². The molecule has 0 aliphatic heterocycles. The van der Waals surface area contributed by atoms with Gasteiger partial charge in [0.05, 0.1) is 13.2 Å². The molecule has 1 aromatic carbocycles. The molecule has 2 rings (SSSR count). The van der Waals surface area contributed by atoms with Gasteiger partial charge in [0.2, 0.25) is 6.29 Å². The van der Waals surface area contributed by atoms with Crippen LogP contribution < -0.4 is 9.47 Å². The van der Waals surface area contributed by atoms with Crippen molar-refractivity contribution in [1.29, 1.82) is 0 Å². The average molecular weight is 276 g/mol. The Bertz CT molecular complexity index is 495. The quantitative estimate of drug-likeness (QED) is 0.677. The standard InChI is InChI=1S/C16H20O4/c1-18-14-9-7-12(8-10-16(17)19-2)11-15(14)20-13-5-3-4-6-13/h7,9,11,13,16-17H,3-6H2,1-2H3. The van der Waals surface area contributed by atoms with E-state index in [1.165, 1.54) is 20.0 Å². The molecule has 0 aromatic heterocycles. The van der Waals surface area contributed by atoms with E-state index < -0.39 is 6.29 Å². The topological polar surface area (TPSA) is 47.9 Å². The first-order chi connectivity index (χ1) is 9.72. The Kier molecular flexibility index (Phi) is 5.28. The van der Waals surface area contributed by atoms with Crippen molar-refractivity contribution in [1.82, 2.24) is 0 Å². The fourth-order valence-corrected chi connectivity index (χ4v) is 2.24. The molecule has 1 N–H and O–H groups in total. The highest BCUT2D eigenvalue weighted by Crippen LogP contribution is 2.32. The highest BCUT2D eigenvalue weighted by Gasteiger charge is 2.18. The van der Waals surface area contributed by atoms with E-state index in [1.807, 2.05) is 18.2 Å². The molecule has 0 radical (unpaired) electrons. The van der Waals surface area contributed by atoms with Crippen molar-refractivity contribution in [3.05, 3.63) is 23.8 Å². The monoisotopic (exact) mass is 276 g/mol. The minimum absolute atomic E-state index is 0.261. The van der Waals surface area contributed by atoms with Crippen LogP contribution in [0.1, 0.15) is 31.2 Å². The molecule has 4 heteroatoms. The molecular weight excluding hydrogens is 256 g/mol. The maximum atomic E-state index is 9.27. The fourth-order valence-electron chi connectivity index (χ4n) is 2.24. The molecule has 4 nitrogen and oxygen atoms in total. The van der Waals surface area contributed by atoms with Crippen LogP contribution in [0.3, 0.4) is 0 Å². The molecule has 20 heavy (non-hydrogen) atoms. The van der Waals surface area contributed by atoms with E-state index >= 15 is 0 Å². The van der Waals surface area contributed by atoms with Gasteiger partial charge in [0, 0.05) is 12.7 Å². The van der Waals surface area contributed by atoms with Crippen LogP contribution in [-0.4, -0.2) is 31.7 Å². The molecule has 1 aliphatic carbocycles. The third-order valence-electron chi connectivity index (χ3n) is 3.32. The van der Waals surface area contributed by atoms with Crippen molar-refractivity contribution in [2.45, 2.75) is 38.1 Å². The van der Waals surface area contributed by atoms with E-state index in [0.29, 0.717) is 11.5 Å². The van der Waals surface area contributed by atoms with E-state index in [9.17, 15) is 5.11 Å². The summed E-state index contributed by atoms with van der Waals surface area (Å²) in [5.74, 6) is 6.86. The molecule has 1 saturated carbocycles. The van der Waals surface area contributed by atoms with Crippen molar-refractivity contribution in [3.63, 3.8) is 0 Å². The zero-order valence-electron chi connectivity index (χ0n) is 11.9. The highest BCUT2D eigenvalue weighted by molar-refractivity contribution is 5.48. The summed E-state index contributed by atoms with van der Waals surface area (Å²) in [5, 5.41) is 9.27. The van der Waals surface area contributed by atoms with Crippen molar-refractivity contribution in [3.8, 4) is 23.3 Å². The van der Waals surface area contributed by atoms with Crippen molar-refractivity contribution in [2.75, 3.05) is 14.2 Å². The Hall–Kier alpha value is -1.70. The first kappa shape index (κ1) is 14.7.